The first kappa shape index (κ1) is 16.7. The molecule has 1 saturated heterocycles. The molecule has 3 rings (SSSR count). The van der Waals surface area contributed by atoms with Gasteiger partial charge in [-0.15, -0.1) is 0 Å². The Bertz CT molecular complexity index is 709. The van der Waals surface area contributed by atoms with E-state index in [0.29, 0.717) is 23.3 Å². The van der Waals surface area contributed by atoms with Crippen molar-refractivity contribution < 1.29 is 13.6 Å². The van der Waals surface area contributed by atoms with E-state index in [-0.39, 0.29) is 11.7 Å². The zero-order valence-electron chi connectivity index (χ0n) is 14.2. The molecule has 1 atom stereocenters. The number of rotatable bonds is 4. The van der Waals surface area contributed by atoms with Gasteiger partial charge in [-0.2, -0.15) is 0 Å². The summed E-state index contributed by atoms with van der Waals surface area (Å²) in [7, 11) is 0. The largest absolute Gasteiger partial charge is 0.445 e. The van der Waals surface area contributed by atoms with E-state index >= 15 is 0 Å². The molecule has 1 aromatic carbocycles. The Labute approximate surface area is 141 Å². The number of benzene rings is 1. The second kappa shape index (κ2) is 7.16. The Morgan fingerprint density at radius 2 is 2.08 bits per heavy atom. The van der Waals surface area contributed by atoms with Gasteiger partial charge in [-0.3, -0.25) is 4.79 Å². The fraction of sp³-hybridized carbons (Fsp3) is 0.474. The van der Waals surface area contributed by atoms with E-state index in [9.17, 15) is 9.18 Å². The zero-order chi connectivity index (χ0) is 17.1. The maximum Gasteiger partial charge on any atom is 0.276 e. The maximum absolute atomic E-state index is 13.0. The molecule has 2 heterocycles. The first-order valence-electron chi connectivity index (χ1n) is 8.50. The predicted octanol–water partition coefficient (Wildman–Crippen LogP) is 3.92. The molecule has 5 heteroatoms. The van der Waals surface area contributed by atoms with Crippen LogP contribution in [-0.2, 0) is 6.42 Å². The SMILES string of the molecule is Cc1nc(C(=O)N2CCCC(CCc3ccc(F)cc3)C2)c(C)o1. The molecule has 0 spiro atoms. The lowest BCUT2D eigenvalue weighted by molar-refractivity contribution is 0.0661. The summed E-state index contributed by atoms with van der Waals surface area (Å²) in [6, 6.07) is 6.68. The van der Waals surface area contributed by atoms with E-state index in [1.807, 2.05) is 17.0 Å². The topological polar surface area (TPSA) is 46.3 Å². The number of carbonyl (C=O) groups excluding carboxylic acids is 1. The minimum absolute atomic E-state index is 0.0316. The molecule has 1 fully saturated rings. The first-order chi connectivity index (χ1) is 11.5. The Hall–Kier alpha value is -2.17. The van der Waals surface area contributed by atoms with Gasteiger partial charge in [-0.05, 0) is 56.2 Å². The summed E-state index contributed by atoms with van der Waals surface area (Å²) >= 11 is 0. The fourth-order valence-electron chi connectivity index (χ4n) is 3.38. The number of nitrogens with zero attached hydrogens (tertiary/aromatic N) is 2. The molecule has 0 bridgehead atoms. The maximum atomic E-state index is 13.0. The molecule has 1 amide bonds. The van der Waals surface area contributed by atoms with Gasteiger partial charge in [0.2, 0.25) is 0 Å². The van der Waals surface area contributed by atoms with Crippen molar-refractivity contribution >= 4 is 5.91 Å². The lowest BCUT2D eigenvalue weighted by Crippen LogP contribution is -2.40. The van der Waals surface area contributed by atoms with Gasteiger partial charge in [0, 0.05) is 20.0 Å². The fourth-order valence-corrected chi connectivity index (χ4v) is 3.38. The van der Waals surface area contributed by atoms with E-state index in [1.165, 1.54) is 12.1 Å². The number of aromatic nitrogens is 1. The van der Waals surface area contributed by atoms with Crippen LogP contribution < -0.4 is 0 Å². The molecule has 4 nitrogen and oxygen atoms in total. The third-order valence-corrected chi connectivity index (χ3v) is 4.67. The van der Waals surface area contributed by atoms with Gasteiger partial charge in [-0.25, -0.2) is 9.37 Å². The lowest BCUT2D eigenvalue weighted by atomic mass is 9.91. The monoisotopic (exact) mass is 330 g/mol. The molecule has 1 aliphatic rings. The predicted molar refractivity (Wildman–Crippen MR) is 89.3 cm³/mol. The second-order valence-electron chi connectivity index (χ2n) is 6.56. The summed E-state index contributed by atoms with van der Waals surface area (Å²) in [4.78, 5) is 18.8. The number of halogens is 1. The summed E-state index contributed by atoms with van der Waals surface area (Å²) in [5.41, 5.74) is 1.58. The quantitative estimate of drug-likeness (QED) is 0.854. The second-order valence-corrected chi connectivity index (χ2v) is 6.56. The van der Waals surface area contributed by atoms with Crippen molar-refractivity contribution in [3.8, 4) is 0 Å². The lowest BCUT2D eigenvalue weighted by Gasteiger charge is -2.32. The number of oxazole rings is 1. The molecule has 2 aromatic rings. The molecule has 0 aliphatic carbocycles. The average Bonchev–Trinajstić information content (AvgIpc) is 2.92. The highest BCUT2D eigenvalue weighted by atomic mass is 19.1. The summed E-state index contributed by atoms with van der Waals surface area (Å²) in [6.07, 6.45) is 4.05. The summed E-state index contributed by atoms with van der Waals surface area (Å²) in [6.45, 7) is 5.07. The van der Waals surface area contributed by atoms with Gasteiger partial charge in [0.25, 0.3) is 5.91 Å². The van der Waals surface area contributed by atoms with Crippen LogP contribution in [0.4, 0.5) is 4.39 Å². The summed E-state index contributed by atoms with van der Waals surface area (Å²) < 4.78 is 18.3. The molecule has 0 N–H and O–H groups in total. The Morgan fingerprint density at radius 1 is 1.33 bits per heavy atom. The van der Waals surface area contributed by atoms with Gasteiger partial charge in [-0.1, -0.05) is 12.1 Å². The van der Waals surface area contributed by atoms with E-state index in [2.05, 4.69) is 4.98 Å². The highest BCUT2D eigenvalue weighted by Crippen LogP contribution is 2.23. The van der Waals surface area contributed by atoms with Crippen LogP contribution in [0, 0.1) is 25.6 Å². The zero-order valence-corrected chi connectivity index (χ0v) is 14.2. The number of piperidine rings is 1. The molecule has 1 aliphatic heterocycles. The normalized spacial score (nSPS) is 18.0. The smallest absolute Gasteiger partial charge is 0.276 e. The highest BCUT2D eigenvalue weighted by molar-refractivity contribution is 5.93. The number of carbonyl (C=O) groups is 1. The highest BCUT2D eigenvalue weighted by Gasteiger charge is 2.27. The molecule has 0 saturated carbocycles. The minimum atomic E-state index is -0.202. The van der Waals surface area contributed by atoms with Crippen LogP contribution in [0.3, 0.4) is 0 Å². The summed E-state index contributed by atoms with van der Waals surface area (Å²) in [5.74, 6) is 1.36. The first-order valence-corrected chi connectivity index (χ1v) is 8.50. The van der Waals surface area contributed by atoms with E-state index in [1.54, 1.807) is 13.8 Å². The molecule has 128 valence electrons. The van der Waals surface area contributed by atoms with Crippen molar-refractivity contribution in [2.75, 3.05) is 13.1 Å². The molecular formula is C19H23FN2O2. The van der Waals surface area contributed by atoms with E-state index < -0.39 is 0 Å². The number of aryl methyl sites for hydroxylation is 3. The molecule has 1 unspecified atom stereocenters. The molecule has 1 aromatic heterocycles. The Morgan fingerprint density at radius 3 is 2.75 bits per heavy atom. The van der Waals surface area contributed by atoms with Crippen LogP contribution in [0.5, 0.6) is 0 Å². The Balaban J connectivity index is 1.58. The van der Waals surface area contributed by atoms with Gasteiger partial charge in [0.15, 0.2) is 11.6 Å². The third kappa shape index (κ3) is 3.83. The minimum Gasteiger partial charge on any atom is -0.445 e. The summed E-state index contributed by atoms with van der Waals surface area (Å²) in [5, 5.41) is 0. The van der Waals surface area contributed by atoms with Crippen molar-refractivity contribution in [2.24, 2.45) is 5.92 Å². The standard InChI is InChI=1S/C19H23FN2O2/c1-13-18(21-14(2)24-13)19(23)22-11-3-4-16(12-22)6-5-15-7-9-17(20)10-8-15/h7-10,16H,3-6,11-12H2,1-2H3. The van der Waals surface area contributed by atoms with Crippen LogP contribution in [0.2, 0.25) is 0 Å². The number of hydrogen-bond donors (Lipinski definition) is 0. The Kier molecular flexibility index (Phi) is 4.97. The number of likely N-dealkylation sites (tertiary alicyclic amines) is 1. The van der Waals surface area contributed by atoms with Crippen molar-refractivity contribution in [1.82, 2.24) is 9.88 Å². The van der Waals surface area contributed by atoms with E-state index in [0.717, 1.165) is 44.3 Å². The van der Waals surface area contributed by atoms with E-state index in [4.69, 9.17) is 4.42 Å². The van der Waals surface area contributed by atoms with Crippen molar-refractivity contribution in [1.29, 1.82) is 0 Å². The van der Waals surface area contributed by atoms with Crippen molar-refractivity contribution in [3.05, 3.63) is 53.0 Å². The van der Waals surface area contributed by atoms with Crippen LogP contribution in [-0.4, -0.2) is 28.9 Å². The van der Waals surface area contributed by atoms with Crippen molar-refractivity contribution in [3.63, 3.8) is 0 Å². The van der Waals surface area contributed by atoms with Crippen molar-refractivity contribution in [2.45, 2.75) is 39.5 Å². The average molecular weight is 330 g/mol. The molecular weight excluding hydrogens is 307 g/mol. The third-order valence-electron chi connectivity index (χ3n) is 4.67. The van der Waals surface area contributed by atoms with Crippen LogP contribution in [0.25, 0.3) is 0 Å². The van der Waals surface area contributed by atoms with Gasteiger partial charge >= 0.3 is 0 Å². The van der Waals surface area contributed by atoms with Crippen LogP contribution in [0.1, 0.15) is 47.0 Å². The molecule has 0 radical (unpaired) electrons. The van der Waals surface area contributed by atoms with Gasteiger partial charge in [0.05, 0.1) is 0 Å². The van der Waals surface area contributed by atoms with Crippen LogP contribution >= 0.6 is 0 Å². The van der Waals surface area contributed by atoms with Crippen LogP contribution in [0.15, 0.2) is 28.7 Å². The molecule has 24 heavy (non-hydrogen) atoms. The van der Waals surface area contributed by atoms with Gasteiger partial charge in [0.1, 0.15) is 11.6 Å². The number of hydrogen-bond acceptors (Lipinski definition) is 3. The number of amides is 1. The van der Waals surface area contributed by atoms with Gasteiger partial charge < -0.3 is 9.32 Å².